The molecule has 36 heavy (non-hydrogen) atoms. The van der Waals surface area contributed by atoms with Gasteiger partial charge in [-0.25, -0.2) is 9.78 Å². The van der Waals surface area contributed by atoms with Gasteiger partial charge in [-0.3, -0.25) is 4.79 Å². The fourth-order valence-electron chi connectivity index (χ4n) is 4.00. The standard InChI is InChI=1S/C26H39BN4O5/c1-9-14-31(23(32)22(17(2)3)30-24(33)34-8)16-21-28-15-20(29-21)18-10-12-19(13-11-18)27-35-25(4,5)26(6,7)36-27/h10-13,15,17,22H,9,14,16H2,1-8H3,(H,28,29)(H,30,33)/t22-/m0/s1. The first kappa shape index (κ1) is 27.7. The molecule has 1 aliphatic heterocycles. The lowest BCUT2D eigenvalue weighted by Crippen LogP contribution is -2.51. The number of methoxy groups -OCH3 is 1. The van der Waals surface area contributed by atoms with Gasteiger partial charge in [0, 0.05) is 6.54 Å². The molecule has 0 radical (unpaired) electrons. The number of aromatic amines is 1. The number of H-pyrrole nitrogens is 1. The molecular formula is C26H39BN4O5. The number of amides is 2. The van der Waals surface area contributed by atoms with Crippen molar-refractivity contribution in [3.8, 4) is 11.3 Å². The molecule has 2 amide bonds. The van der Waals surface area contributed by atoms with Gasteiger partial charge in [-0.2, -0.15) is 0 Å². The Hall–Kier alpha value is -2.85. The van der Waals surface area contributed by atoms with Gasteiger partial charge in [0.1, 0.15) is 11.9 Å². The van der Waals surface area contributed by atoms with E-state index < -0.39 is 30.5 Å². The molecule has 2 aromatic rings. The zero-order valence-electron chi connectivity index (χ0n) is 22.7. The molecule has 0 saturated carbocycles. The molecule has 1 fully saturated rings. The summed E-state index contributed by atoms with van der Waals surface area (Å²) in [5.74, 6) is 0.412. The van der Waals surface area contributed by atoms with Crippen molar-refractivity contribution in [2.24, 2.45) is 5.92 Å². The summed E-state index contributed by atoms with van der Waals surface area (Å²) in [6, 6.07) is 7.32. The normalized spacial score (nSPS) is 17.2. The summed E-state index contributed by atoms with van der Waals surface area (Å²) in [7, 11) is 0.871. The fourth-order valence-corrected chi connectivity index (χ4v) is 4.00. The summed E-state index contributed by atoms with van der Waals surface area (Å²) in [5, 5.41) is 2.66. The zero-order chi connectivity index (χ0) is 26.7. The third-order valence-corrected chi connectivity index (χ3v) is 6.91. The van der Waals surface area contributed by atoms with Crippen LogP contribution in [-0.4, -0.2) is 64.9 Å². The predicted molar refractivity (Wildman–Crippen MR) is 140 cm³/mol. The van der Waals surface area contributed by atoms with E-state index in [4.69, 9.17) is 14.0 Å². The molecule has 1 aromatic heterocycles. The maximum absolute atomic E-state index is 13.3. The first-order chi connectivity index (χ1) is 16.9. The number of hydrogen-bond acceptors (Lipinski definition) is 6. The van der Waals surface area contributed by atoms with Gasteiger partial charge in [0.25, 0.3) is 0 Å². The lowest BCUT2D eigenvalue weighted by molar-refractivity contribution is -0.135. The molecule has 3 rings (SSSR count). The molecule has 0 bridgehead atoms. The Balaban J connectivity index is 1.72. The van der Waals surface area contributed by atoms with Crippen LogP contribution in [-0.2, 0) is 25.4 Å². The van der Waals surface area contributed by atoms with E-state index in [1.807, 2.05) is 72.7 Å². The van der Waals surface area contributed by atoms with Crippen molar-refractivity contribution in [2.75, 3.05) is 13.7 Å². The Morgan fingerprint density at radius 3 is 2.28 bits per heavy atom. The molecule has 196 valence electrons. The molecular weight excluding hydrogens is 459 g/mol. The van der Waals surface area contributed by atoms with Crippen molar-refractivity contribution in [1.82, 2.24) is 20.2 Å². The second-order valence-corrected chi connectivity index (χ2v) is 10.6. The summed E-state index contributed by atoms with van der Waals surface area (Å²) in [6.07, 6.45) is 1.92. The van der Waals surface area contributed by atoms with Gasteiger partial charge in [-0.1, -0.05) is 45.0 Å². The first-order valence-corrected chi connectivity index (χ1v) is 12.5. The molecule has 9 nitrogen and oxygen atoms in total. The number of carbonyl (C=O) groups is 2. The molecule has 10 heteroatoms. The molecule has 1 atom stereocenters. The van der Waals surface area contributed by atoms with Crippen LogP contribution in [0.15, 0.2) is 30.5 Å². The van der Waals surface area contributed by atoms with Gasteiger partial charge >= 0.3 is 13.2 Å². The lowest BCUT2D eigenvalue weighted by atomic mass is 9.79. The monoisotopic (exact) mass is 498 g/mol. The van der Waals surface area contributed by atoms with E-state index in [9.17, 15) is 9.59 Å². The molecule has 2 N–H and O–H groups in total. The number of alkyl carbamates (subject to hydrolysis) is 1. The van der Waals surface area contributed by atoms with E-state index in [-0.39, 0.29) is 11.8 Å². The number of imidazole rings is 1. The Labute approximate surface area is 214 Å². The van der Waals surface area contributed by atoms with E-state index in [1.54, 1.807) is 11.1 Å². The largest absolute Gasteiger partial charge is 0.494 e. The van der Waals surface area contributed by atoms with Crippen LogP contribution in [0.2, 0.25) is 0 Å². The Kier molecular flexibility index (Phi) is 8.51. The molecule has 1 aromatic carbocycles. The zero-order valence-corrected chi connectivity index (χ0v) is 22.7. The highest BCUT2D eigenvalue weighted by molar-refractivity contribution is 6.62. The van der Waals surface area contributed by atoms with Crippen LogP contribution >= 0.6 is 0 Å². The first-order valence-electron chi connectivity index (χ1n) is 12.5. The minimum atomic E-state index is -0.680. The highest BCUT2D eigenvalue weighted by Crippen LogP contribution is 2.36. The molecule has 1 saturated heterocycles. The number of aromatic nitrogens is 2. The van der Waals surface area contributed by atoms with Crippen LogP contribution < -0.4 is 10.8 Å². The van der Waals surface area contributed by atoms with Gasteiger partial charge in [-0.05, 0) is 51.1 Å². The van der Waals surface area contributed by atoms with E-state index >= 15 is 0 Å². The van der Waals surface area contributed by atoms with Gasteiger partial charge < -0.3 is 29.2 Å². The van der Waals surface area contributed by atoms with Crippen molar-refractivity contribution in [1.29, 1.82) is 0 Å². The number of carbonyl (C=O) groups excluding carboxylic acids is 2. The maximum atomic E-state index is 13.3. The molecule has 2 heterocycles. The SMILES string of the molecule is CCCN(Cc1ncc(-c2ccc(B3OC(C)(C)C(C)(C)O3)cc2)[nH]1)C(=O)[C@@H](NC(=O)OC)C(C)C. The summed E-state index contributed by atoms with van der Waals surface area (Å²) in [4.78, 5) is 34.6. The quantitative estimate of drug-likeness (QED) is 0.513. The predicted octanol–water partition coefficient (Wildman–Crippen LogP) is 3.50. The minimum Gasteiger partial charge on any atom is -0.453 e. The Morgan fingerprint density at radius 1 is 1.14 bits per heavy atom. The number of benzene rings is 1. The average Bonchev–Trinajstić information content (AvgIpc) is 3.37. The molecule has 0 unspecified atom stereocenters. The van der Waals surface area contributed by atoms with Crippen LogP contribution in [0.5, 0.6) is 0 Å². The van der Waals surface area contributed by atoms with Gasteiger partial charge in [0.05, 0.1) is 36.7 Å². The summed E-state index contributed by atoms with van der Waals surface area (Å²) in [5.41, 5.74) is 1.99. The average molecular weight is 498 g/mol. The van der Waals surface area contributed by atoms with Crippen LogP contribution in [0.25, 0.3) is 11.3 Å². The number of ether oxygens (including phenoxy) is 1. The van der Waals surface area contributed by atoms with Crippen LogP contribution in [0.4, 0.5) is 4.79 Å². The molecule has 0 spiro atoms. The van der Waals surface area contributed by atoms with Crippen molar-refractivity contribution in [3.05, 3.63) is 36.3 Å². The third-order valence-electron chi connectivity index (χ3n) is 6.91. The smallest absolute Gasteiger partial charge is 0.453 e. The van der Waals surface area contributed by atoms with Crippen molar-refractivity contribution in [3.63, 3.8) is 0 Å². The highest BCUT2D eigenvalue weighted by Gasteiger charge is 2.51. The van der Waals surface area contributed by atoms with Crippen molar-refractivity contribution in [2.45, 2.75) is 78.7 Å². The molecule has 1 aliphatic rings. The van der Waals surface area contributed by atoms with E-state index in [0.29, 0.717) is 18.9 Å². The summed E-state index contributed by atoms with van der Waals surface area (Å²) < 4.78 is 17.0. The Bertz CT molecular complexity index is 1030. The van der Waals surface area contributed by atoms with Crippen LogP contribution in [0, 0.1) is 5.92 Å². The minimum absolute atomic E-state index is 0.0920. The number of hydrogen-bond donors (Lipinski definition) is 2. The maximum Gasteiger partial charge on any atom is 0.494 e. The number of nitrogens with one attached hydrogen (secondary N) is 2. The lowest BCUT2D eigenvalue weighted by Gasteiger charge is -2.32. The van der Waals surface area contributed by atoms with Crippen LogP contribution in [0.1, 0.15) is 60.7 Å². The van der Waals surface area contributed by atoms with E-state index in [2.05, 4.69) is 15.3 Å². The van der Waals surface area contributed by atoms with Crippen LogP contribution in [0.3, 0.4) is 0 Å². The van der Waals surface area contributed by atoms with E-state index in [1.165, 1.54) is 7.11 Å². The topological polar surface area (TPSA) is 106 Å². The molecule has 0 aliphatic carbocycles. The second kappa shape index (κ2) is 11.0. The second-order valence-electron chi connectivity index (χ2n) is 10.6. The fraction of sp³-hybridized carbons (Fsp3) is 0.577. The third kappa shape index (κ3) is 6.10. The van der Waals surface area contributed by atoms with Crippen molar-refractivity contribution >= 4 is 24.6 Å². The Morgan fingerprint density at radius 2 is 1.75 bits per heavy atom. The van der Waals surface area contributed by atoms with Crippen molar-refractivity contribution < 1.29 is 23.6 Å². The van der Waals surface area contributed by atoms with E-state index in [0.717, 1.165) is 23.1 Å². The number of rotatable bonds is 9. The van der Waals surface area contributed by atoms with Gasteiger partial charge in [0.2, 0.25) is 5.91 Å². The highest BCUT2D eigenvalue weighted by atomic mass is 16.7. The number of nitrogens with zero attached hydrogens (tertiary/aromatic N) is 2. The summed E-state index contributed by atoms with van der Waals surface area (Å²) in [6.45, 7) is 14.8. The van der Waals surface area contributed by atoms with Gasteiger partial charge in [-0.15, -0.1) is 0 Å². The summed E-state index contributed by atoms with van der Waals surface area (Å²) >= 11 is 0. The van der Waals surface area contributed by atoms with Gasteiger partial charge in [0.15, 0.2) is 0 Å².